The number of hydrogen-bond donors (Lipinski definition) is 0. The van der Waals surface area contributed by atoms with Gasteiger partial charge in [0.25, 0.3) is 0 Å². The highest BCUT2D eigenvalue weighted by molar-refractivity contribution is 6.23. The van der Waals surface area contributed by atoms with Crippen LogP contribution in [0.3, 0.4) is 0 Å². The van der Waals surface area contributed by atoms with Crippen molar-refractivity contribution in [2.24, 2.45) is 0 Å². The van der Waals surface area contributed by atoms with Crippen LogP contribution in [0.2, 0.25) is 0 Å². The van der Waals surface area contributed by atoms with E-state index in [1.165, 1.54) is 0 Å². The Morgan fingerprint density at radius 3 is 1.60 bits per heavy atom. The molecule has 4 nitrogen and oxygen atoms in total. The number of rotatable bonds is 6. The zero-order chi connectivity index (χ0) is 39.6. The Kier molecular flexibility index (Phi) is 7.82. The molecule has 0 fully saturated rings. The van der Waals surface area contributed by atoms with Crippen molar-refractivity contribution in [2.75, 3.05) is 0 Å². The van der Waals surface area contributed by atoms with Gasteiger partial charge in [0.05, 0.1) is 11.4 Å². The summed E-state index contributed by atoms with van der Waals surface area (Å²) in [6.45, 7) is 0. The normalized spacial score (nSPS) is 11.7. The van der Waals surface area contributed by atoms with Gasteiger partial charge in [0.15, 0.2) is 5.82 Å². The van der Waals surface area contributed by atoms with E-state index in [2.05, 4.69) is 158 Å². The van der Waals surface area contributed by atoms with Gasteiger partial charge in [-0.05, 0) is 69.6 Å². The first-order valence-electron chi connectivity index (χ1n) is 20.2. The minimum Gasteiger partial charge on any atom is -0.455 e. The average molecular weight is 767 g/mol. The van der Waals surface area contributed by atoms with Crippen molar-refractivity contribution < 1.29 is 8.83 Å². The number of furan rings is 2. The summed E-state index contributed by atoms with van der Waals surface area (Å²) in [7, 11) is 0. The number of para-hydroxylation sites is 2. The standard InChI is InChI=1S/C56H34N2O2/c1-3-15-35(16-4-1)49-34-50(58-56(57-49)36-17-5-2-6-18-36)40-22-12-20-38(32-40)37-19-11-21-39(31-37)41-26-14-30-52-53(41)48-33-47(42-23-7-8-25-44(42)55(48)60-52)46-28-13-27-45-43-24-9-10-29-51(43)59-54(45)46/h1-34H. The molecule has 0 N–H and O–H groups in total. The Labute approximate surface area is 345 Å². The molecule has 0 bridgehead atoms. The van der Waals surface area contributed by atoms with Crippen LogP contribution in [0.4, 0.5) is 0 Å². The van der Waals surface area contributed by atoms with Gasteiger partial charge >= 0.3 is 0 Å². The maximum Gasteiger partial charge on any atom is 0.160 e. The number of benzene rings is 9. The van der Waals surface area contributed by atoms with Crippen LogP contribution in [0.5, 0.6) is 0 Å². The molecule has 0 saturated carbocycles. The van der Waals surface area contributed by atoms with E-state index in [9.17, 15) is 0 Å². The fraction of sp³-hybridized carbons (Fsp3) is 0. The van der Waals surface area contributed by atoms with Crippen LogP contribution in [0.1, 0.15) is 0 Å². The Hall–Kier alpha value is -8.08. The number of fused-ring (bicyclic) bond motifs is 8. The zero-order valence-electron chi connectivity index (χ0n) is 32.3. The van der Waals surface area contributed by atoms with Gasteiger partial charge < -0.3 is 8.83 Å². The highest BCUT2D eigenvalue weighted by Crippen LogP contribution is 2.45. The number of hydrogen-bond acceptors (Lipinski definition) is 4. The molecule has 0 aliphatic carbocycles. The van der Waals surface area contributed by atoms with E-state index in [0.29, 0.717) is 5.82 Å². The van der Waals surface area contributed by atoms with Crippen LogP contribution in [0.25, 0.3) is 122 Å². The lowest BCUT2D eigenvalue weighted by atomic mass is 9.92. The Bertz CT molecular complexity index is 3540. The number of nitrogens with zero attached hydrogens (tertiary/aromatic N) is 2. The molecule has 0 amide bonds. The lowest BCUT2D eigenvalue weighted by Crippen LogP contribution is -1.96. The fourth-order valence-electron chi connectivity index (χ4n) is 8.86. The molecule has 0 radical (unpaired) electrons. The van der Waals surface area contributed by atoms with E-state index in [0.717, 1.165) is 116 Å². The topological polar surface area (TPSA) is 52.1 Å². The molecule has 12 aromatic rings. The first-order chi connectivity index (χ1) is 29.7. The van der Waals surface area contributed by atoms with Crippen LogP contribution < -0.4 is 0 Å². The Balaban J connectivity index is 1.00. The van der Waals surface area contributed by atoms with Gasteiger partial charge in [0, 0.05) is 49.2 Å². The quantitative estimate of drug-likeness (QED) is 0.169. The molecule has 0 aliphatic heterocycles. The molecule has 280 valence electrons. The smallest absolute Gasteiger partial charge is 0.160 e. The zero-order valence-corrected chi connectivity index (χ0v) is 32.3. The third-order valence-corrected chi connectivity index (χ3v) is 11.7. The van der Waals surface area contributed by atoms with Crippen LogP contribution in [-0.4, -0.2) is 9.97 Å². The molecular formula is C56H34N2O2. The summed E-state index contributed by atoms with van der Waals surface area (Å²) >= 11 is 0. The maximum absolute atomic E-state index is 6.78. The van der Waals surface area contributed by atoms with Crippen molar-refractivity contribution >= 4 is 54.6 Å². The van der Waals surface area contributed by atoms with Crippen molar-refractivity contribution in [2.45, 2.75) is 0 Å². The highest BCUT2D eigenvalue weighted by Gasteiger charge is 2.21. The molecule has 4 heteroatoms. The van der Waals surface area contributed by atoms with E-state index in [-0.39, 0.29) is 0 Å². The summed E-state index contributed by atoms with van der Waals surface area (Å²) in [5, 5.41) is 6.58. The third kappa shape index (κ3) is 5.61. The maximum atomic E-state index is 6.78. The first-order valence-corrected chi connectivity index (χ1v) is 20.2. The molecule has 12 rings (SSSR count). The molecule has 0 unspecified atom stereocenters. The lowest BCUT2D eigenvalue weighted by Gasteiger charge is -2.12. The summed E-state index contributed by atoms with van der Waals surface area (Å²) in [5.41, 5.74) is 14.9. The molecule has 3 aromatic heterocycles. The van der Waals surface area contributed by atoms with Gasteiger partial charge in [0.2, 0.25) is 0 Å². The largest absolute Gasteiger partial charge is 0.455 e. The van der Waals surface area contributed by atoms with Gasteiger partial charge in [-0.15, -0.1) is 0 Å². The highest BCUT2D eigenvalue weighted by atomic mass is 16.3. The SMILES string of the molecule is c1ccc(-c2cc(-c3cccc(-c4cccc(-c5cccc6oc7c8ccccc8c(-c8cccc9c8oc8ccccc89)cc7c56)c4)c3)nc(-c3ccccc3)n2)cc1. The van der Waals surface area contributed by atoms with Gasteiger partial charge in [0.1, 0.15) is 22.3 Å². The summed E-state index contributed by atoms with van der Waals surface area (Å²) < 4.78 is 13.4. The Morgan fingerprint density at radius 1 is 0.283 bits per heavy atom. The summed E-state index contributed by atoms with van der Waals surface area (Å²) in [6, 6.07) is 72.0. The molecule has 9 aromatic carbocycles. The van der Waals surface area contributed by atoms with E-state index >= 15 is 0 Å². The van der Waals surface area contributed by atoms with E-state index in [1.807, 2.05) is 48.5 Å². The van der Waals surface area contributed by atoms with E-state index in [4.69, 9.17) is 18.8 Å². The molecular weight excluding hydrogens is 733 g/mol. The second kappa shape index (κ2) is 13.8. The van der Waals surface area contributed by atoms with Crippen LogP contribution >= 0.6 is 0 Å². The predicted molar refractivity (Wildman–Crippen MR) is 247 cm³/mol. The van der Waals surface area contributed by atoms with Gasteiger partial charge in [-0.1, -0.05) is 170 Å². The summed E-state index contributed by atoms with van der Waals surface area (Å²) in [4.78, 5) is 10.1. The van der Waals surface area contributed by atoms with Crippen molar-refractivity contribution in [3.05, 3.63) is 206 Å². The minimum atomic E-state index is 0.699. The van der Waals surface area contributed by atoms with Gasteiger partial charge in [-0.3, -0.25) is 0 Å². The van der Waals surface area contributed by atoms with Crippen LogP contribution in [-0.2, 0) is 0 Å². The molecule has 60 heavy (non-hydrogen) atoms. The van der Waals surface area contributed by atoms with Crippen LogP contribution in [0, 0.1) is 0 Å². The van der Waals surface area contributed by atoms with Gasteiger partial charge in [-0.2, -0.15) is 0 Å². The number of aromatic nitrogens is 2. The lowest BCUT2D eigenvalue weighted by molar-refractivity contribution is 0.670. The summed E-state index contributed by atoms with van der Waals surface area (Å²) in [6.07, 6.45) is 0. The second-order valence-electron chi connectivity index (χ2n) is 15.3. The van der Waals surface area contributed by atoms with Crippen LogP contribution in [0.15, 0.2) is 215 Å². The monoisotopic (exact) mass is 766 g/mol. The van der Waals surface area contributed by atoms with Gasteiger partial charge in [-0.25, -0.2) is 9.97 Å². The molecule has 0 aliphatic rings. The molecule has 0 saturated heterocycles. The van der Waals surface area contributed by atoms with Crippen molar-refractivity contribution in [3.8, 4) is 67.3 Å². The second-order valence-corrected chi connectivity index (χ2v) is 15.3. The predicted octanol–water partition coefficient (Wildman–Crippen LogP) is 15.4. The van der Waals surface area contributed by atoms with E-state index in [1.54, 1.807) is 0 Å². The minimum absolute atomic E-state index is 0.699. The molecule has 3 heterocycles. The Morgan fingerprint density at radius 2 is 0.800 bits per heavy atom. The first kappa shape index (κ1) is 34.0. The van der Waals surface area contributed by atoms with Crippen molar-refractivity contribution in [1.82, 2.24) is 9.97 Å². The molecule has 0 spiro atoms. The van der Waals surface area contributed by atoms with Crippen molar-refractivity contribution in [3.63, 3.8) is 0 Å². The fourth-order valence-corrected chi connectivity index (χ4v) is 8.86. The van der Waals surface area contributed by atoms with E-state index < -0.39 is 0 Å². The molecule has 0 atom stereocenters. The summed E-state index contributed by atoms with van der Waals surface area (Å²) in [5.74, 6) is 0.699. The average Bonchev–Trinajstić information content (AvgIpc) is 3.91. The van der Waals surface area contributed by atoms with Crippen molar-refractivity contribution in [1.29, 1.82) is 0 Å². The third-order valence-electron chi connectivity index (χ3n) is 11.7.